The number of allylic oxidation sites excluding steroid dienone is 2. The number of nitrogens with one attached hydrogen (secondary N) is 1. The predicted octanol–water partition coefficient (Wildman–Crippen LogP) is 18.7. The van der Waals surface area contributed by atoms with Crippen molar-refractivity contribution in [1.29, 1.82) is 0 Å². The highest BCUT2D eigenvalue weighted by molar-refractivity contribution is 5.76. The lowest BCUT2D eigenvalue weighted by Crippen LogP contribution is -2.46. The van der Waals surface area contributed by atoms with Crippen LogP contribution in [0.3, 0.4) is 0 Å². The first-order valence-corrected chi connectivity index (χ1v) is 30.0. The van der Waals surface area contributed by atoms with Gasteiger partial charge in [0.05, 0.1) is 31.3 Å². The van der Waals surface area contributed by atoms with Crippen LogP contribution in [0.4, 0.5) is 0 Å². The minimum atomic E-state index is -0.747. The zero-order valence-electron chi connectivity index (χ0n) is 44.4. The van der Waals surface area contributed by atoms with Gasteiger partial charge in [0.15, 0.2) is 0 Å². The first kappa shape index (κ1) is 64.1. The third kappa shape index (κ3) is 52.3. The van der Waals surface area contributed by atoms with Gasteiger partial charge in [-0.3, -0.25) is 4.79 Å². The molecule has 3 unspecified atom stereocenters. The molecule has 388 valence electrons. The first-order valence-electron chi connectivity index (χ1n) is 30.0. The molecule has 5 nitrogen and oxygen atoms in total. The summed E-state index contributed by atoms with van der Waals surface area (Å²) in [5, 5.41) is 33.7. The molecule has 0 fully saturated rings. The van der Waals surface area contributed by atoms with Crippen molar-refractivity contribution in [2.45, 2.75) is 360 Å². The summed E-state index contributed by atoms with van der Waals surface area (Å²) in [6, 6.07) is -0.656. The highest BCUT2D eigenvalue weighted by atomic mass is 16.3. The van der Waals surface area contributed by atoms with Crippen LogP contribution in [-0.2, 0) is 4.79 Å². The number of aliphatic hydroxyl groups excluding tert-OH is 3. The summed E-state index contributed by atoms with van der Waals surface area (Å²) in [5.41, 5.74) is 0. The molecular formula is C60H119NO4. The highest BCUT2D eigenvalue weighted by Crippen LogP contribution is 2.18. The monoisotopic (exact) mass is 918 g/mol. The SMILES string of the molecule is CCCCCCCCCCCCCC/C=C\CCCCCCCCCCCCCCCCCC(O)CC(=O)NC(CO)C(O)CCCCCCCCCCCCCCCCCCCCC. The van der Waals surface area contributed by atoms with Gasteiger partial charge in [-0.25, -0.2) is 0 Å². The summed E-state index contributed by atoms with van der Waals surface area (Å²) in [5.74, 6) is -0.276. The molecule has 0 aliphatic rings. The van der Waals surface area contributed by atoms with Gasteiger partial charge in [-0.2, -0.15) is 0 Å². The molecule has 0 aromatic rings. The molecule has 1 amide bonds. The van der Waals surface area contributed by atoms with Gasteiger partial charge in [-0.05, 0) is 38.5 Å². The molecule has 0 rings (SSSR count). The Labute approximate surface area is 408 Å². The Hall–Kier alpha value is -0.910. The van der Waals surface area contributed by atoms with Crippen LogP contribution < -0.4 is 5.32 Å². The van der Waals surface area contributed by atoms with Gasteiger partial charge in [0.1, 0.15) is 0 Å². The number of rotatable bonds is 56. The highest BCUT2D eigenvalue weighted by Gasteiger charge is 2.21. The van der Waals surface area contributed by atoms with Crippen LogP contribution in [0.5, 0.6) is 0 Å². The van der Waals surface area contributed by atoms with Crippen LogP contribution in [0.2, 0.25) is 0 Å². The van der Waals surface area contributed by atoms with E-state index in [1.54, 1.807) is 0 Å². The molecule has 0 aromatic heterocycles. The maximum absolute atomic E-state index is 12.6. The van der Waals surface area contributed by atoms with E-state index >= 15 is 0 Å². The summed E-state index contributed by atoms with van der Waals surface area (Å²) in [7, 11) is 0. The van der Waals surface area contributed by atoms with Crippen LogP contribution in [0.1, 0.15) is 341 Å². The number of carbonyl (C=O) groups is 1. The molecule has 65 heavy (non-hydrogen) atoms. The van der Waals surface area contributed by atoms with Gasteiger partial charge >= 0.3 is 0 Å². The minimum absolute atomic E-state index is 0.0413. The van der Waals surface area contributed by atoms with E-state index in [4.69, 9.17) is 0 Å². The normalized spacial score (nSPS) is 13.2. The standard InChI is InChI=1S/C60H119NO4/c1-3-5-7-9-11-13-15-17-19-21-23-24-25-26-27-28-29-30-31-32-33-34-36-37-39-41-43-45-47-49-51-53-57(63)55-60(65)61-58(56-62)59(64)54-52-50-48-46-44-42-40-38-35-22-20-18-16-14-12-10-8-6-4-2/h26-27,57-59,62-64H,3-25,28-56H2,1-2H3,(H,61,65)/b27-26-. The first-order chi connectivity index (χ1) is 32.0. The Morgan fingerprint density at radius 1 is 0.369 bits per heavy atom. The summed E-state index contributed by atoms with van der Waals surface area (Å²) in [6.45, 7) is 4.31. The van der Waals surface area contributed by atoms with Crippen molar-refractivity contribution in [3.63, 3.8) is 0 Å². The smallest absolute Gasteiger partial charge is 0.222 e. The molecule has 0 heterocycles. The van der Waals surface area contributed by atoms with Crippen LogP contribution >= 0.6 is 0 Å². The van der Waals surface area contributed by atoms with Crippen LogP contribution in [0, 0.1) is 0 Å². The molecular weight excluding hydrogens is 799 g/mol. The van der Waals surface area contributed by atoms with E-state index in [-0.39, 0.29) is 18.9 Å². The summed E-state index contributed by atoms with van der Waals surface area (Å²) >= 11 is 0. The maximum Gasteiger partial charge on any atom is 0.222 e. The van der Waals surface area contributed by atoms with E-state index in [1.165, 1.54) is 283 Å². The fourth-order valence-corrected chi connectivity index (χ4v) is 9.76. The van der Waals surface area contributed by atoms with Crippen molar-refractivity contribution in [3.8, 4) is 0 Å². The fourth-order valence-electron chi connectivity index (χ4n) is 9.76. The van der Waals surface area contributed by atoms with Crippen molar-refractivity contribution >= 4 is 5.91 Å². The molecule has 4 N–H and O–H groups in total. The average Bonchev–Trinajstić information content (AvgIpc) is 3.30. The quantitative estimate of drug-likeness (QED) is 0.0361. The van der Waals surface area contributed by atoms with Gasteiger partial charge in [0, 0.05) is 0 Å². The zero-order chi connectivity index (χ0) is 47.2. The van der Waals surface area contributed by atoms with E-state index in [1.807, 2.05) is 0 Å². The van der Waals surface area contributed by atoms with Crippen molar-refractivity contribution in [1.82, 2.24) is 5.32 Å². The lowest BCUT2D eigenvalue weighted by atomic mass is 10.0. The van der Waals surface area contributed by atoms with E-state index < -0.39 is 18.2 Å². The molecule has 0 saturated carbocycles. The molecule has 3 atom stereocenters. The Morgan fingerprint density at radius 2 is 0.615 bits per heavy atom. The van der Waals surface area contributed by atoms with E-state index in [2.05, 4.69) is 31.3 Å². The molecule has 0 spiro atoms. The van der Waals surface area contributed by atoms with E-state index in [9.17, 15) is 20.1 Å². The van der Waals surface area contributed by atoms with Gasteiger partial charge in [0.2, 0.25) is 5.91 Å². The molecule has 0 aliphatic carbocycles. The van der Waals surface area contributed by atoms with Crippen molar-refractivity contribution < 1.29 is 20.1 Å². The molecule has 0 saturated heterocycles. The summed E-state index contributed by atoms with van der Waals surface area (Å²) < 4.78 is 0. The minimum Gasteiger partial charge on any atom is -0.394 e. The molecule has 0 bridgehead atoms. The third-order valence-corrected chi connectivity index (χ3v) is 14.3. The number of carbonyl (C=O) groups excluding carboxylic acids is 1. The Morgan fingerprint density at radius 3 is 0.892 bits per heavy atom. The second kappa shape index (κ2) is 55.7. The number of hydrogen-bond acceptors (Lipinski definition) is 4. The molecule has 0 aliphatic heterocycles. The third-order valence-electron chi connectivity index (χ3n) is 14.3. The number of unbranched alkanes of at least 4 members (excludes halogenated alkanes) is 45. The van der Waals surface area contributed by atoms with Crippen LogP contribution in [0.25, 0.3) is 0 Å². The Bertz CT molecular complexity index is 925. The number of aliphatic hydroxyl groups is 3. The molecule has 0 radical (unpaired) electrons. The largest absolute Gasteiger partial charge is 0.394 e. The maximum atomic E-state index is 12.6. The van der Waals surface area contributed by atoms with Crippen LogP contribution in [-0.4, -0.2) is 46.1 Å². The van der Waals surface area contributed by atoms with Crippen LogP contribution in [0.15, 0.2) is 12.2 Å². The van der Waals surface area contributed by atoms with E-state index in [0.717, 1.165) is 25.7 Å². The fraction of sp³-hybridized carbons (Fsp3) is 0.950. The summed E-state index contributed by atoms with van der Waals surface area (Å²) in [6.07, 6.45) is 69.6. The van der Waals surface area contributed by atoms with Gasteiger partial charge < -0.3 is 20.6 Å². The average molecular weight is 919 g/mol. The second-order valence-corrected chi connectivity index (χ2v) is 21.0. The van der Waals surface area contributed by atoms with Crippen molar-refractivity contribution in [2.24, 2.45) is 0 Å². The van der Waals surface area contributed by atoms with Crippen molar-refractivity contribution in [2.75, 3.05) is 6.61 Å². The summed E-state index contributed by atoms with van der Waals surface area (Å²) in [4.78, 5) is 12.6. The van der Waals surface area contributed by atoms with Gasteiger partial charge in [0.25, 0.3) is 0 Å². The van der Waals surface area contributed by atoms with E-state index in [0.29, 0.717) is 12.8 Å². The Balaban J connectivity index is 3.47. The Kier molecular flexibility index (Phi) is 54.9. The lowest BCUT2D eigenvalue weighted by molar-refractivity contribution is -0.125. The van der Waals surface area contributed by atoms with Gasteiger partial charge in [-0.15, -0.1) is 0 Å². The predicted molar refractivity (Wildman–Crippen MR) is 287 cm³/mol. The van der Waals surface area contributed by atoms with Crippen molar-refractivity contribution in [3.05, 3.63) is 12.2 Å². The van der Waals surface area contributed by atoms with Gasteiger partial charge in [-0.1, -0.05) is 309 Å². The topological polar surface area (TPSA) is 89.8 Å². The molecule has 0 aromatic carbocycles. The zero-order valence-corrected chi connectivity index (χ0v) is 44.4. The second-order valence-electron chi connectivity index (χ2n) is 21.0. The number of amides is 1. The number of hydrogen-bond donors (Lipinski definition) is 4. The molecule has 5 heteroatoms. The lowest BCUT2D eigenvalue weighted by Gasteiger charge is -2.23.